The lowest BCUT2D eigenvalue weighted by atomic mass is 9.91. The molecule has 8 heteroatoms. The van der Waals surface area contributed by atoms with Crippen LogP contribution in [0.25, 0.3) is 10.9 Å². The third kappa shape index (κ3) is 4.64. The molecule has 162 valence electrons. The summed E-state index contributed by atoms with van der Waals surface area (Å²) in [6.45, 7) is 2.41. The molecule has 1 atom stereocenters. The van der Waals surface area contributed by atoms with Crippen LogP contribution in [-0.4, -0.2) is 33.0 Å². The smallest absolute Gasteiger partial charge is 0.141 e. The Morgan fingerprint density at radius 3 is 2.88 bits per heavy atom. The van der Waals surface area contributed by atoms with Gasteiger partial charge in [-0.2, -0.15) is 0 Å². The van der Waals surface area contributed by atoms with Gasteiger partial charge < -0.3 is 15.4 Å². The van der Waals surface area contributed by atoms with Crippen molar-refractivity contribution >= 4 is 34.0 Å². The molecule has 4 aromatic rings. The van der Waals surface area contributed by atoms with Gasteiger partial charge in [0.1, 0.15) is 24.5 Å². The number of benzene rings is 2. The normalized spacial score (nSPS) is 16.1. The zero-order valence-corrected chi connectivity index (χ0v) is 18.2. The summed E-state index contributed by atoms with van der Waals surface area (Å²) < 4.78 is 5.79. The number of rotatable bonds is 6. The Hall–Kier alpha value is -3.29. The van der Waals surface area contributed by atoms with Crippen molar-refractivity contribution in [1.82, 2.24) is 25.3 Å². The van der Waals surface area contributed by atoms with E-state index >= 15 is 0 Å². The summed E-state index contributed by atoms with van der Waals surface area (Å²) in [6, 6.07) is 12.0. The standard InChI is InChI=1S/C24H23ClN6O/c25-21-11-18(4-6-23(21)32-14-19-13-27-8-9-28-19)31-24-20-10-16(17-2-1-7-26-12-17)3-5-22(20)29-15-30-24/h3-6,8-11,13,15,17,26H,1-2,7,12,14H2,(H,29,30,31). The minimum Gasteiger partial charge on any atom is -0.486 e. The fourth-order valence-electron chi connectivity index (χ4n) is 3.95. The highest BCUT2D eigenvalue weighted by molar-refractivity contribution is 6.32. The van der Waals surface area contributed by atoms with Gasteiger partial charge in [0.2, 0.25) is 0 Å². The number of halogens is 1. The summed E-state index contributed by atoms with van der Waals surface area (Å²) in [7, 11) is 0. The van der Waals surface area contributed by atoms with Gasteiger partial charge >= 0.3 is 0 Å². The van der Waals surface area contributed by atoms with Crippen molar-refractivity contribution in [2.75, 3.05) is 18.4 Å². The fraction of sp³-hybridized carbons (Fsp3) is 0.250. The molecule has 0 spiro atoms. The number of nitrogens with zero attached hydrogens (tertiary/aromatic N) is 4. The van der Waals surface area contributed by atoms with E-state index in [-0.39, 0.29) is 0 Å². The van der Waals surface area contributed by atoms with Gasteiger partial charge in [-0.1, -0.05) is 17.7 Å². The van der Waals surface area contributed by atoms with Crippen LogP contribution >= 0.6 is 11.6 Å². The Kier molecular flexibility index (Phi) is 6.09. The minimum atomic E-state index is 0.301. The summed E-state index contributed by atoms with van der Waals surface area (Å²) in [6.07, 6.45) is 8.90. The van der Waals surface area contributed by atoms with Crippen molar-refractivity contribution in [3.63, 3.8) is 0 Å². The number of aromatic nitrogens is 4. The summed E-state index contributed by atoms with van der Waals surface area (Å²) >= 11 is 6.47. The first-order valence-corrected chi connectivity index (χ1v) is 11.0. The number of piperidine rings is 1. The van der Waals surface area contributed by atoms with Crippen molar-refractivity contribution in [2.45, 2.75) is 25.4 Å². The Morgan fingerprint density at radius 2 is 2.06 bits per heavy atom. The molecule has 2 N–H and O–H groups in total. The highest BCUT2D eigenvalue weighted by atomic mass is 35.5. The summed E-state index contributed by atoms with van der Waals surface area (Å²) in [4.78, 5) is 17.2. The Bertz CT molecular complexity index is 1210. The van der Waals surface area contributed by atoms with Crippen LogP contribution < -0.4 is 15.4 Å². The Morgan fingerprint density at radius 1 is 1.09 bits per heavy atom. The monoisotopic (exact) mass is 446 g/mol. The minimum absolute atomic E-state index is 0.301. The van der Waals surface area contributed by atoms with E-state index in [0.717, 1.165) is 41.2 Å². The molecule has 1 fully saturated rings. The van der Waals surface area contributed by atoms with Crippen LogP contribution in [-0.2, 0) is 6.61 Å². The zero-order chi connectivity index (χ0) is 21.8. The number of ether oxygens (including phenoxy) is 1. The summed E-state index contributed by atoms with van der Waals surface area (Å²) in [5.41, 5.74) is 3.78. The highest BCUT2D eigenvalue weighted by Gasteiger charge is 2.16. The average Bonchev–Trinajstić information content (AvgIpc) is 2.85. The maximum absolute atomic E-state index is 6.47. The Labute approximate surface area is 191 Å². The van der Waals surface area contributed by atoms with Crippen LogP contribution in [0.4, 0.5) is 11.5 Å². The number of nitrogens with one attached hydrogen (secondary N) is 2. The summed E-state index contributed by atoms with van der Waals surface area (Å²) in [5, 5.41) is 8.38. The van der Waals surface area contributed by atoms with Crippen LogP contribution in [0, 0.1) is 0 Å². The molecule has 0 bridgehead atoms. The molecule has 0 amide bonds. The molecule has 0 radical (unpaired) electrons. The van der Waals surface area contributed by atoms with Crippen molar-refractivity contribution in [3.8, 4) is 5.75 Å². The molecule has 7 nitrogen and oxygen atoms in total. The quantitative estimate of drug-likeness (QED) is 0.437. The number of hydrogen-bond donors (Lipinski definition) is 2. The number of anilines is 2. The summed E-state index contributed by atoms with van der Waals surface area (Å²) in [5.74, 6) is 1.86. The predicted octanol–water partition coefficient (Wildman–Crippen LogP) is 4.86. The van der Waals surface area contributed by atoms with Gasteiger partial charge in [-0.05, 0) is 61.2 Å². The van der Waals surface area contributed by atoms with E-state index in [4.69, 9.17) is 16.3 Å². The molecular formula is C24H23ClN6O. The van der Waals surface area contributed by atoms with E-state index in [1.54, 1.807) is 24.9 Å². The highest BCUT2D eigenvalue weighted by Crippen LogP contribution is 2.32. The molecule has 0 aliphatic carbocycles. The topological polar surface area (TPSA) is 84.9 Å². The SMILES string of the molecule is Clc1cc(Nc2ncnc3ccc(C4CCCNC4)cc23)ccc1OCc1cnccn1. The number of hydrogen-bond acceptors (Lipinski definition) is 7. The third-order valence-electron chi connectivity index (χ3n) is 5.61. The Balaban J connectivity index is 1.36. The lowest BCUT2D eigenvalue weighted by Gasteiger charge is -2.23. The van der Waals surface area contributed by atoms with Crippen molar-refractivity contribution < 1.29 is 4.74 Å². The first kappa shape index (κ1) is 20.6. The van der Waals surface area contributed by atoms with Crippen molar-refractivity contribution in [3.05, 3.63) is 77.6 Å². The maximum atomic E-state index is 6.47. The molecule has 1 unspecified atom stereocenters. The largest absolute Gasteiger partial charge is 0.486 e. The van der Waals surface area contributed by atoms with E-state index in [9.17, 15) is 0 Å². The van der Waals surface area contributed by atoms with Gasteiger partial charge in [-0.15, -0.1) is 0 Å². The van der Waals surface area contributed by atoms with Crippen LogP contribution in [0.1, 0.15) is 30.0 Å². The molecule has 2 aromatic carbocycles. The van der Waals surface area contributed by atoms with Crippen LogP contribution in [0.2, 0.25) is 5.02 Å². The predicted molar refractivity (Wildman–Crippen MR) is 125 cm³/mol. The van der Waals surface area contributed by atoms with Gasteiger partial charge in [0.15, 0.2) is 0 Å². The van der Waals surface area contributed by atoms with E-state index in [1.165, 1.54) is 18.4 Å². The number of fused-ring (bicyclic) bond motifs is 1. The van der Waals surface area contributed by atoms with E-state index in [1.807, 2.05) is 18.2 Å². The zero-order valence-electron chi connectivity index (χ0n) is 17.5. The first-order chi connectivity index (χ1) is 15.8. The third-order valence-corrected chi connectivity index (χ3v) is 5.91. The van der Waals surface area contributed by atoms with Gasteiger partial charge in [0, 0.05) is 30.0 Å². The van der Waals surface area contributed by atoms with E-state index < -0.39 is 0 Å². The molecular weight excluding hydrogens is 424 g/mol. The van der Waals surface area contributed by atoms with Gasteiger partial charge in [0.25, 0.3) is 0 Å². The molecule has 1 saturated heterocycles. The molecule has 32 heavy (non-hydrogen) atoms. The molecule has 1 aliphatic rings. The lowest BCUT2D eigenvalue weighted by Crippen LogP contribution is -2.28. The fourth-order valence-corrected chi connectivity index (χ4v) is 4.19. The second-order valence-electron chi connectivity index (χ2n) is 7.80. The molecule has 5 rings (SSSR count). The van der Waals surface area contributed by atoms with Crippen LogP contribution in [0.15, 0.2) is 61.3 Å². The molecule has 1 aliphatic heterocycles. The second-order valence-corrected chi connectivity index (χ2v) is 8.20. The van der Waals surface area contributed by atoms with Crippen molar-refractivity contribution in [2.24, 2.45) is 0 Å². The second kappa shape index (κ2) is 9.46. The van der Waals surface area contributed by atoms with E-state index in [0.29, 0.717) is 23.3 Å². The van der Waals surface area contributed by atoms with Crippen molar-refractivity contribution in [1.29, 1.82) is 0 Å². The lowest BCUT2D eigenvalue weighted by molar-refractivity contribution is 0.301. The maximum Gasteiger partial charge on any atom is 0.141 e. The van der Waals surface area contributed by atoms with Gasteiger partial charge in [-0.3, -0.25) is 9.97 Å². The van der Waals surface area contributed by atoms with Crippen LogP contribution in [0.5, 0.6) is 5.75 Å². The van der Waals surface area contributed by atoms with Crippen LogP contribution in [0.3, 0.4) is 0 Å². The molecule has 0 saturated carbocycles. The molecule has 2 aromatic heterocycles. The average molecular weight is 447 g/mol. The first-order valence-electron chi connectivity index (χ1n) is 10.7. The molecule has 3 heterocycles. The van der Waals surface area contributed by atoms with Gasteiger partial charge in [-0.25, -0.2) is 9.97 Å². The van der Waals surface area contributed by atoms with Gasteiger partial charge in [0.05, 0.1) is 22.4 Å². The van der Waals surface area contributed by atoms with E-state index in [2.05, 4.69) is 48.8 Å².